The highest BCUT2D eigenvalue weighted by Crippen LogP contribution is 2.32. The standard InChI is InChI=1S/C18H20ClN5/c1-11-15(7-4-8-20-11)23-18-22-10-14(19)17(24-18)13-9-21-16-6-3-2-5-12(13)16/h2-3,5-6,9-11,15,20-21H,4,7-8H2,1H3,(H,22,23,24). The number of aromatic amines is 1. The lowest BCUT2D eigenvalue weighted by atomic mass is 10.0. The van der Waals surface area contributed by atoms with Gasteiger partial charge in [0, 0.05) is 34.7 Å². The van der Waals surface area contributed by atoms with Crippen LogP contribution in [0.4, 0.5) is 5.95 Å². The molecule has 1 saturated heterocycles. The van der Waals surface area contributed by atoms with Crippen LogP contribution in [0.3, 0.4) is 0 Å². The van der Waals surface area contributed by atoms with Crippen LogP contribution in [0.2, 0.25) is 5.02 Å². The Labute approximate surface area is 145 Å². The van der Waals surface area contributed by atoms with E-state index in [9.17, 15) is 0 Å². The molecule has 1 aliphatic rings. The maximum Gasteiger partial charge on any atom is 0.223 e. The predicted molar refractivity (Wildman–Crippen MR) is 98.4 cm³/mol. The van der Waals surface area contributed by atoms with E-state index in [1.165, 1.54) is 0 Å². The maximum absolute atomic E-state index is 6.38. The molecule has 0 amide bonds. The van der Waals surface area contributed by atoms with E-state index in [0.717, 1.165) is 41.5 Å². The molecule has 3 heterocycles. The Hall–Kier alpha value is -2.11. The molecule has 0 radical (unpaired) electrons. The number of halogens is 1. The first-order chi connectivity index (χ1) is 11.7. The number of hydrogen-bond acceptors (Lipinski definition) is 4. The van der Waals surface area contributed by atoms with Crippen LogP contribution >= 0.6 is 11.6 Å². The molecule has 5 nitrogen and oxygen atoms in total. The first-order valence-electron chi connectivity index (χ1n) is 8.31. The molecule has 3 N–H and O–H groups in total. The van der Waals surface area contributed by atoms with Crippen molar-refractivity contribution in [3.05, 3.63) is 41.7 Å². The molecule has 2 aromatic heterocycles. The first-order valence-corrected chi connectivity index (χ1v) is 8.69. The second-order valence-electron chi connectivity index (χ2n) is 6.27. The third-order valence-corrected chi connectivity index (χ3v) is 4.94. The first kappa shape index (κ1) is 15.4. The summed E-state index contributed by atoms with van der Waals surface area (Å²) in [4.78, 5) is 12.3. The summed E-state index contributed by atoms with van der Waals surface area (Å²) in [5, 5.41) is 8.60. The van der Waals surface area contributed by atoms with E-state index >= 15 is 0 Å². The fraction of sp³-hybridized carbons (Fsp3) is 0.333. The van der Waals surface area contributed by atoms with Crippen molar-refractivity contribution in [2.75, 3.05) is 11.9 Å². The van der Waals surface area contributed by atoms with E-state index < -0.39 is 0 Å². The Balaban J connectivity index is 1.69. The zero-order chi connectivity index (χ0) is 16.5. The van der Waals surface area contributed by atoms with Crippen LogP contribution < -0.4 is 10.6 Å². The number of piperidine rings is 1. The third kappa shape index (κ3) is 2.85. The number of nitrogens with one attached hydrogen (secondary N) is 3. The number of para-hydroxylation sites is 1. The number of hydrogen-bond donors (Lipinski definition) is 3. The Morgan fingerprint density at radius 1 is 1.29 bits per heavy atom. The quantitative estimate of drug-likeness (QED) is 0.677. The number of anilines is 1. The zero-order valence-corrected chi connectivity index (χ0v) is 14.3. The van der Waals surface area contributed by atoms with Crippen molar-refractivity contribution in [1.82, 2.24) is 20.3 Å². The summed E-state index contributed by atoms with van der Waals surface area (Å²) in [5.74, 6) is 0.625. The van der Waals surface area contributed by atoms with Crippen LogP contribution in [0.1, 0.15) is 19.8 Å². The summed E-state index contributed by atoms with van der Waals surface area (Å²) in [6.45, 7) is 3.26. The van der Waals surface area contributed by atoms with Crippen LogP contribution in [-0.2, 0) is 0 Å². The Morgan fingerprint density at radius 2 is 2.17 bits per heavy atom. The van der Waals surface area contributed by atoms with Crippen molar-refractivity contribution >= 4 is 28.5 Å². The number of rotatable bonds is 3. The number of fused-ring (bicyclic) bond motifs is 1. The molecule has 2 atom stereocenters. The van der Waals surface area contributed by atoms with Gasteiger partial charge in [0.15, 0.2) is 0 Å². The Morgan fingerprint density at radius 3 is 3.04 bits per heavy atom. The number of H-pyrrole nitrogens is 1. The van der Waals surface area contributed by atoms with Crippen LogP contribution in [0, 0.1) is 0 Å². The Bertz CT molecular complexity index is 859. The highest BCUT2D eigenvalue weighted by molar-refractivity contribution is 6.33. The minimum Gasteiger partial charge on any atom is -0.360 e. The smallest absolute Gasteiger partial charge is 0.223 e. The van der Waals surface area contributed by atoms with Crippen LogP contribution in [-0.4, -0.2) is 33.6 Å². The second kappa shape index (κ2) is 6.42. The molecule has 4 rings (SSSR count). The van der Waals surface area contributed by atoms with Crippen LogP contribution in [0.5, 0.6) is 0 Å². The summed E-state index contributed by atoms with van der Waals surface area (Å²) in [7, 11) is 0. The van der Waals surface area contributed by atoms with Gasteiger partial charge in [-0.2, -0.15) is 0 Å². The fourth-order valence-corrected chi connectivity index (χ4v) is 3.49. The van der Waals surface area contributed by atoms with Gasteiger partial charge in [-0.3, -0.25) is 0 Å². The minimum atomic E-state index is 0.329. The van der Waals surface area contributed by atoms with Gasteiger partial charge in [0.25, 0.3) is 0 Å². The monoisotopic (exact) mass is 341 g/mol. The van der Waals surface area contributed by atoms with E-state index in [-0.39, 0.29) is 0 Å². The van der Waals surface area contributed by atoms with Crippen LogP contribution in [0.25, 0.3) is 22.2 Å². The zero-order valence-electron chi connectivity index (χ0n) is 13.5. The number of benzene rings is 1. The average Bonchev–Trinajstić information content (AvgIpc) is 3.02. The summed E-state index contributed by atoms with van der Waals surface area (Å²) in [5.41, 5.74) is 2.82. The van der Waals surface area contributed by atoms with Crippen molar-refractivity contribution in [1.29, 1.82) is 0 Å². The molecule has 1 aliphatic heterocycles. The maximum atomic E-state index is 6.38. The van der Waals surface area contributed by atoms with Gasteiger partial charge < -0.3 is 15.6 Å². The summed E-state index contributed by atoms with van der Waals surface area (Å²) in [6.07, 6.45) is 5.90. The molecular formula is C18H20ClN5. The minimum absolute atomic E-state index is 0.329. The number of nitrogens with zero attached hydrogens (tertiary/aromatic N) is 2. The van der Waals surface area contributed by atoms with E-state index in [1.54, 1.807) is 6.20 Å². The molecule has 0 aliphatic carbocycles. The largest absolute Gasteiger partial charge is 0.360 e. The average molecular weight is 342 g/mol. The SMILES string of the molecule is CC1NCCCC1Nc1ncc(Cl)c(-c2c[nH]c3ccccc23)n1. The van der Waals surface area contributed by atoms with Gasteiger partial charge in [0.2, 0.25) is 5.95 Å². The lowest BCUT2D eigenvalue weighted by Gasteiger charge is -2.30. The van der Waals surface area contributed by atoms with Crippen LogP contribution in [0.15, 0.2) is 36.7 Å². The van der Waals surface area contributed by atoms with E-state index in [0.29, 0.717) is 23.1 Å². The number of aromatic nitrogens is 3. The van der Waals surface area contributed by atoms with Gasteiger partial charge in [-0.1, -0.05) is 29.8 Å². The molecule has 6 heteroatoms. The van der Waals surface area contributed by atoms with Gasteiger partial charge >= 0.3 is 0 Å². The van der Waals surface area contributed by atoms with E-state index in [2.05, 4.69) is 33.6 Å². The molecule has 124 valence electrons. The van der Waals surface area contributed by atoms with Crippen molar-refractivity contribution in [3.8, 4) is 11.3 Å². The van der Waals surface area contributed by atoms with Crippen molar-refractivity contribution in [2.24, 2.45) is 0 Å². The Kier molecular flexibility index (Phi) is 4.12. The molecule has 1 aromatic carbocycles. The molecule has 0 spiro atoms. The lowest BCUT2D eigenvalue weighted by Crippen LogP contribution is -2.46. The highest BCUT2D eigenvalue weighted by atomic mass is 35.5. The van der Waals surface area contributed by atoms with Gasteiger partial charge in [-0.05, 0) is 32.4 Å². The predicted octanol–water partition coefficient (Wildman–Crippen LogP) is 3.83. The fourth-order valence-electron chi connectivity index (χ4n) is 3.30. The normalized spacial score (nSPS) is 21.1. The van der Waals surface area contributed by atoms with Crippen molar-refractivity contribution in [2.45, 2.75) is 31.8 Å². The van der Waals surface area contributed by atoms with Gasteiger partial charge in [-0.15, -0.1) is 0 Å². The molecule has 0 saturated carbocycles. The second-order valence-corrected chi connectivity index (χ2v) is 6.68. The van der Waals surface area contributed by atoms with Gasteiger partial charge in [0.05, 0.1) is 16.9 Å². The van der Waals surface area contributed by atoms with E-state index in [1.807, 2.05) is 24.4 Å². The molecule has 3 aromatic rings. The van der Waals surface area contributed by atoms with Crippen molar-refractivity contribution in [3.63, 3.8) is 0 Å². The van der Waals surface area contributed by atoms with Crippen molar-refractivity contribution < 1.29 is 0 Å². The molecule has 2 unspecified atom stereocenters. The van der Waals surface area contributed by atoms with Gasteiger partial charge in [-0.25, -0.2) is 9.97 Å². The summed E-state index contributed by atoms with van der Waals surface area (Å²) >= 11 is 6.38. The topological polar surface area (TPSA) is 65.6 Å². The van der Waals surface area contributed by atoms with Gasteiger partial charge in [0.1, 0.15) is 0 Å². The summed E-state index contributed by atoms with van der Waals surface area (Å²) in [6, 6.07) is 8.87. The summed E-state index contributed by atoms with van der Waals surface area (Å²) < 4.78 is 0. The lowest BCUT2D eigenvalue weighted by molar-refractivity contribution is 0.388. The molecule has 1 fully saturated rings. The molecule has 24 heavy (non-hydrogen) atoms. The molecule has 0 bridgehead atoms. The third-order valence-electron chi connectivity index (χ3n) is 4.66. The highest BCUT2D eigenvalue weighted by Gasteiger charge is 2.22. The molecular weight excluding hydrogens is 322 g/mol. The van der Waals surface area contributed by atoms with E-state index in [4.69, 9.17) is 16.6 Å².